The number of nitrogens with two attached hydrogens (primary N) is 1. The number of nitrogens with one attached hydrogen (secondary N) is 1. The summed E-state index contributed by atoms with van der Waals surface area (Å²) in [5.74, 6) is -0.114. The smallest absolute Gasteiger partial charge is 0.234 e. The molecule has 0 bridgehead atoms. The molecule has 0 saturated heterocycles. The van der Waals surface area contributed by atoms with Crippen LogP contribution < -0.4 is 11.1 Å². The molecule has 5 nitrogen and oxygen atoms in total. The van der Waals surface area contributed by atoms with Gasteiger partial charge in [-0.15, -0.1) is 0 Å². The molecule has 15 heavy (non-hydrogen) atoms. The van der Waals surface area contributed by atoms with Gasteiger partial charge in [0.1, 0.15) is 5.41 Å². The van der Waals surface area contributed by atoms with Crippen LogP contribution in [0.5, 0.6) is 0 Å². The van der Waals surface area contributed by atoms with Crippen molar-refractivity contribution in [2.45, 2.75) is 45.6 Å². The first-order valence-corrected chi connectivity index (χ1v) is 5.18. The molecule has 0 aromatic rings. The Labute approximate surface area is 89.7 Å². The molecule has 86 valence electrons. The lowest BCUT2D eigenvalue weighted by Gasteiger charge is -2.27. The van der Waals surface area contributed by atoms with Crippen LogP contribution in [0.1, 0.15) is 40.0 Å². The monoisotopic (exact) mass is 213 g/mol. The van der Waals surface area contributed by atoms with E-state index in [-0.39, 0.29) is 17.3 Å². The lowest BCUT2D eigenvalue weighted by Crippen LogP contribution is -2.49. The summed E-state index contributed by atoms with van der Waals surface area (Å²) >= 11 is 0. The zero-order chi connectivity index (χ0) is 11.7. The molecule has 0 aliphatic heterocycles. The summed E-state index contributed by atoms with van der Waals surface area (Å²) in [4.78, 5) is 11.9. The van der Waals surface area contributed by atoms with Crippen molar-refractivity contribution in [1.82, 2.24) is 5.32 Å². The van der Waals surface area contributed by atoms with Gasteiger partial charge in [0.05, 0.1) is 0 Å². The third kappa shape index (κ3) is 2.22. The molecule has 1 saturated carbocycles. The Morgan fingerprint density at radius 1 is 1.60 bits per heavy atom. The minimum absolute atomic E-state index is 0.0203. The van der Waals surface area contributed by atoms with Gasteiger partial charge in [-0.05, 0) is 33.1 Å². The van der Waals surface area contributed by atoms with E-state index >= 15 is 0 Å². The first-order chi connectivity index (χ1) is 6.88. The van der Waals surface area contributed by atoms with Gasteiger partial charge in [0.15, 0.2) is 5.84 Å². The molecule has 0 spiro atoms. The zero-order valence-corrected chi connectivity index (χ0v) is 9.50. The molecule has 1 aliphatic carbocycles. The molecule has 1 aliphatic rings. The molecule has 0 unspecified atom stereocenters. The Morgan fingerprint density at radius 2 is 2.13 bits per heavy atom. The number of nitrogens with zero attached hydrogens (tertiary/aromatic N) is 1. The molecule has 0 aromatic carbocycles. The molecular formula is C10H19N3O2. The van der Waals surface area contributed by atoms with E-state index in [1.165, 1.54) is 0 Å². The van der Waals surface area contributed by atoms with Crippen molar-refractivity contribution < 1.29 is 10.0 Å². The average molecular weight is 213 g/mol. The Kier molecular flexibility index (Phi) is 2.93. The standard InChI is InChI=1S/C10H19N3O2/c1-4-9(2,3)12-8(14)10(5-6-10)7(11)13-15/h15H,4-6H2,1-3H3,(H2,11,13)(H,12,14). The second kappa shape index (κ2) is 3.72. The van der Waals surface area contributed by atoms with Gasteiger partial charge < -0.3 is 16.3 Å². The number of hydrogen-bond donors (Lipinski definition) is 3. The van der Waals surface area contributed by atoms with Crippen LogP contribution in [-0.2, 0) is 4.79 Å². The number of carbonyl (C=O) groups is 1. The van der Waals surface area contributed by atoms with E-state index in [9.17, 15) is 4.79 Å². The Bertz CT molecular complexity index is 293. The Morgan fingerprint density at radius 3 is 2.47 bits per heavy atom. The van der Waals surface area contributed by atoms with Crippen LogP contribution in [0, 0.1) is 5.41 Å². The normalized spacial score (nSPS) is 19.8. The fraction of sp³-hybridized carbons (Fsp3) is 0.800. The molecule has 1 amide bonds. The summed E-state index contributed by atoms with van der Waals surface area (Å²) in [7, 11) is 0. The SMILES string of the molecule is CCC(C)(C)NC(=O)C1(C(N)=NO)CC1. The second-order valence-corrected chi connectivity index (χ2v) is 4.76. The lowest BCUT2D eigenvalue weighted by molar-refractivity contribution is -0.125. The van der Waals surface area contributed by atoms with Crippen molar-refractivity contribution in [3.05, 3.63) is 0 Å². The van der Waals surface area contributed by atoms with Gasteiger partial charge in [-0.3, -0.25) is 4.79 Å². The molecule has 1 rings (SSSR count). The van der Waals surface area contributed by atoms with E-state index < -0.39 is 5.41 Å². The van der Waals surface area contributed by atoms with Crippen molar-refractivity contribution in [1.29, 1.82) is 0 Å². The van der Waals surface area contributed by atoms with Crippen molar-refractivity contribution in [3.8, 4) is 0 Å². The summed E-state index contributed by atoms with van der Waals surface area (Å²) in [6.45, 7) is 5.91. The third-order valence-corrected chi connectivity index (χ3v) is 3.12. The molecule has 4 N–H and O–H groups in total. The third-order valence-electron chi connectivity index (χ3n) is 3.12. The number of amides is 1. The number of carbonyl (C=O) groups excluding carboxylic acids is 1. The Balaban J connectivity index is 2.70. The predicted molar refractivity (Wildman–Crippen MR) is 57.6 cm³/mol. The van der Waals surface area contributed by atoms with Crippen LogP contribution in [0.4, 0.5) is 0 Å². The van der Waals surface area contributed by atoms with E-state index in [1.54, 1.807) is 0 Å². The highest BCUT2D eigenvalue weighted by Gasteiger charge is 2.54. The average Bonchev–Trinajstić information content (AvgIpc) is 2.97. The predicted octanol–water partition coefficient (Wildman–Crippen LogP) is 0.818. The number of rotatable bonds is 4. The van der Waals surface area contributed by atoms with Gasteiger partial charge in [-0.2, -0.15) is 0 Å². The quantitative estimate of drug-likeness (QED) is 0.279. The molecule has 5 heteroatoms. The van der Waals surface area contributed by atoms with Crippen molar-refractivity contribution in [2.75, 3.05) is 0 Å². The first-order valence-electron chi connectivity index (χ1n) is 5.18. The highest BCUT2D eigenvalue weighted by atomic mass is 16.4. The second-order valence-electron chi connectivity index (χ2n) is 4.76. The lowest BCUT2D eigenvalue weighted by atomic mass is 9.98. The highest BCUT2D eigenvalue weighted by Crippen LogP contribution is 2.46. The van der Waals surface area contributed by atoms with Gasteiger partial charge in [0, 0.05) is 5.54 Å². The van der Waals surface area contributed by atoms with Crippen molar-refractivity contribution in [2.24, 2.45) is 16.3 Å². The van der Waals surface area contributed by atoms with Crippen LogP contribution in [0.25, 0.3) is 0 Å². The maximum atomic E-state index is 11.9. The van der Waals surface area contributed by atoms with Crippen LogP contribution in [0.2, 0.25) is 0 Å². The number of amidine groups is 1. The van der Waals surface area contributed by atoms with Crippen LogP contribution >= 0.6 is 0 Å². The van der Waals surface area contributed by atoms with Crippen molar-refractivity contribution in [3.63, 3.8) is 0 Å². The summed E-state index contributed by atoms with van der Waals surface area (Å²) in [5, 5.41) is 14.4. The topological polar surface area (TPSA) is 87.7 Å². The van der Waals surface area contributed by atoms with Crippen molar-refractivity contribution >= 4 is 11.7 Å². The summed E-state index contributed by atoms with van der Waals surface area (Å²) in [5.41, 5.74) is 4.52. The van der Waals surface area contributed by atoms with Gasteiger partial charge in [-0.1, -0.05) is 12.1 Å². The van der Waals surface area contributed by atoms with Gasteiger partial charge in [0.2, 0.25) is 5.91 Å². The van der Waals surface area contributed by atoms with E-state index in [1.807, 2.05) is 20.8 Å². The van der Waals surface area contributed by atoms with E-state index in [2.05, 4.69) is 10.5 Å². The molecule has 0 radical (unpaired) electrons. The maximum absolute atomic E-state index is 11.9. The van der Waals surface area contributed by atoms with Gasteiger partial charge in [0.25, 0.3) is 0 Å². The van der Waals surface area contributed by atoms with Crippen LogP contribution in [-0.4, -0.2) is 22.5 Å². The molecule has 1 fully saturated rings. The fourth-order valence-corrected chi connectivity index (χ4v) is 1.34. The summed E-state index contributed by atoms with van der Waals surface area (Å²) in [6.07, 6.45) is 2.16. The van der Waals surface area contributed by atoms with E-state index in [0.717, 1.165) is 6.42 Å². The van der Waals surface area contributed by atoms with Crippen LogP contribution in [0.15, 0.2) is 5.16 Å². The molecule has 0 atom stereocenters. The largest absolute Gasteiger partial charge is 0.409 e. The van der Waals surface area contributed by atoms with Crippen LogP contribution in [0.3, 0.4) is 0 Å². The summed E-state index contributed by atoms with van der Waals surface area (Å²) in [6, 6.07) is 0. The first kappa shape index (κ1) is 11.8. The fourth-order valence-electron chi connectivity index (χ4n) is 1.34. The minimum Gasteiger partial charge on any atom is -0.409 e. The zero-order valence-electron chi connectivity index (χ0n) is 9.50. The van der Waals surface area contributed by atoms with E-state index in [4.69, 9.17) is 10.9 Å². The molecule has 0 aromatic heterocycles. The molecular weight excluding hydrogens is 194 g/mol. The van der Waals surface area contributed by atoms with Gasteiger partial charge >= 0.3 is 0 Å². The number of oxime groups is 1. The maximum Gasteiger partial charge on any atom is 0.234 e. The van der Waals surface area contributed by atoms with E-state index in [0.29, 0.717) is 12.8 Å². The highest BCUT2D eigenvalue weighted by molar-refractivity contribution is 6.09. The Hall–Kier alpha value is -1.26. The van der Waals surface area contributed by atoms with Gasteiger partial charge in [-0.25, -0.2) is 0 Å². The minimum atomic E-state index is -0.749. The molecule has 0 heterocycles. The number of hydrogen-bond acceptors (Lipinski definition) is 3. The summed E-state index contributed by atoms with van der Waals surface area (Å²) < 4.78 is 0.